The van der Waals surface area contributed by atoms with Gasteiger partial charge in [0, 0.05) is 29.6 Å². The van der Waals surface area contributed by atoms with Gasteiger partial charge in [-0.3, -0.25) is 9.78 Å². The second-order valence-electron chi connectivity index (χ2n) is 5.33. The van der Waals surface area contributed by atoms with Crippen LogP contribution in [0.4, 0.5) is 10.7 Å². The zero-order valence-electron chi connectivity index (χ0n) is 13.1. The van der Waals surface area contributed by atoms with E-state index in [1.54, 1.807) is 25.4 Å². The number of fused-ring (bicyclic) bond motifs is 1. The average Bonchev–Trinajstić information content (AvgIpc) is 2.90. The highest BCUT2D eigenvalue weighted by Gasteiger charge is 2.37. The Morgan fingerprint density at radius 1 is 1.42 bits per heavy atom. The average molecular weight is 344 g/mol. The molecule has 124 valence electrons. The summed E-state index contributed by atoms with van der Waals surface area (Å²) in [6.45, 7) is 1.78. The summed E-state index contributed by atoms with van der Waals surface area (Å²) < 4.78 is 4.93. The zero-order valence-corrected chi connectivity index (χ0v) is 13.9. The molecule has 1 aliphatic heterocycles. The number of pyridine rings is 1. The van der Waals surface area contributed by atoms with E-state index >= 15 is 0 Å². The number of aromatic nitrogens is 1. The van der Waals surface area contributed by atoms with Crippen molar-refractivity contribution >= 4 is 33.9 Å². The lowest BCUT2D eigenvalue weighted by atomic mass is 9.82. The van der Waals surface area contributed by atoms with Gasteiger partial charge in [-0.2, -0.15) is 0 Å². The fourth-order valence-electron chi connectivity index (χ4n) is 2.88. The number of esters is 1. The van der Waals surface area contributed by atoms with E-state index in [-0.39, 0.29) is 10.6 Å². The highest BCUT2D eigenvalue weighted by Crippen LogP contribution is 2.49. The Hall–Kier alpha value is -2.87. The third-order valence-electron chi connectivity index (χ3n) is 3.91. The van der Waals surface area contributed by atoms with E-state index in [4.69, 9.17) is 16.2 Å². The van der Waals surface area contributed by atoms with Crippen molar-refractivity contribution in [2.45, 2.75) is 12.8 Å². The minimum atomic E-state index is -0.601. The van der Waals surface area contributed by atoms with Crippen LogP contribution in [0.1, 0.15) is 33.6 Å². The molecule has 0 spiro atoms. The van der Waals surface area contributed by atoms with E-state index < -0.39 is 17.8 Å². The maximum Gasteiger partial charge on any atom is 0.336 e. The number of nitrogens with two attached hydrogens (primary N) is 2. The van der Waals surface area contributed by atoms with Gasteiger partial charge in [-0.1, -0.05) is 6.07 Å². The predicted octanol–water partition coefficient (Wildman–Crippen LogP) is 1.83. The van der Waals surface area contributed by atoms with Gasteiger partial charge in [0.15, 0.2) is 0 Å². The number of anilines is 2. The SMILES string of the molecule is COC(=O)C1=C(C)Nc2sc(C(N)=O)c(N)c2[C@H]1c1cccnc1. The molecule has 0 aliphatic carbocycles. The maximum absolute atomic E-state index is 12.4. The number of carbonyl (C=O) groups excluding carboxylic acids is 2. The van der Waals surface area contributed by atoms with E-state index in [1.807, 2.05) is 6.07 Å². The summed E-state index contributed by atoms with van der Waals surface area (Å²) in [6.07, 6.45) is 3.31. The number of nitrogens with zero attached hydrogens (tertiary/aromatic N) is 1. The van der Waals surface area contributed by atoms with Crippen LogP contribution < -0.4 is 16.8 Å². The van der Waals surface area contributed by atoms with Gasteiger partial charge in [0.2, 0.25) is 0 Å². The van der Waals surface area contributed by atoms with Gasteiger partial charge in [0.05, 0.1) is 23.4 Å². The first-order chi connectivity index (χ1) is 11.5. The molecule has 2 aromatic rings. The molecular weight excluding hydrogens is 328 g/mol. The molecule has 1 amide bonds. The molecule has 7 nitrogen and oxygen atoms in total. The topological polar surface area (TPSA) is 120 Å². The lowest BCUT2D eigenvalue weighted by molar-refractivity contribution is -0.136. The Morgan fingerprint density at radius 3 is 2.75 bits per heavy atom. The van der Waals surface area contributed by atoms with Crippen LogP contribution >= 0.6 is 11.3 Å². The Labute approximate surface area is 142 Å². The van der Waals surface area contributed by atoms with Crippen LogP contribution in [0.3, 0.4) is 0 Å². The van der Waals surface area contributed by atoms with E-state index in [0.29, 0.717) is 21.8 Å². The number of hydrogen-bond donors (Lipinski definition) is 3. The van der Waals surface area contributed by atoms with Crippen molar-refractivity contribution in [2.24, 2.45) is 5.73 Å². The predicted molar refractivity (Wildman–Crippen MR) is 91.7 cm³/mol. The van der Waals surface area contributed by atoms with Crippen LogP contribution in [-0.2, 0) is 9.53 Å². The number of carbonyl (C=O) groups is 2. The number of methoxy groups -OCH3 is 1. The Kier molecular flexibility index (Phi) is 3.98. The molecule has 24 heavy (non-hydrogen) atoms. The van der Waals surface area contributed by atoms with Crippen molar-refractivity contribution in [1.82, 2.24) is 4.98 Å². The van der Waals surface area contributed by atoms with Crippen LogP contribution in [0.15, 0.2) is 35.8 Å². The molecule has 0 radical (unpaired) electrons. The third kappa shape index (κ3) is 2.41. The largest absolute Gasteiger partial charge is 0.466 e. The minimum Gasteiger partial charge on any atom is -0.466 e. The standard InChI is InChI=1S/C16H16N4O3S/c1-7-9(16(22)23-2)10(8-4-3-5-19-6-8)11-12(17)13(14(18)21)24-15(11)20-7/h3-6,10,20H,17H2,1-2H3,(H2,18,21)/t10-/m0/s1. The molecular formula is C16H16N4O3S. The summed E-state index contributed by atoms with van der Waals surface area (Å²) in [5, 5.41) is 3.82. The summed E-state index contributed by atoms with van der Waals surface area (Å²) in [6, 6.07) is 3.63. The number of nitrogens with one attached hydrogen (secondary N) is 1. The van der Waals surface area contributed by atoms with E-state index in [9.17, 15) is 9.59 Å². The van der Waals surface area contributed by atoms with Crippen LogP contribution in [-0.4, -0.2) is 24.0 Å². The lowest BCUT2D eigenvalue weighted by Gasteiger charge is -2.27. The smallest absolute Gasteiger partial charge is 0.336 e. The Bertz CT molecular complexity index is 858. The Morgan fingerprint density at radius 2 is 2.17 bits per heavy atom. The summed E-state index contributed by atoms with van der Waals surface area (Å²) in [5.41, 5.74) is 14.4. The van der Waals surface area contributed by atoms with Crippen LogP contribution in [0.5, 0.6) is 0 Å². The van der Waals surface area contributed by atoms with Crippen LogP contribution in [0, 0.1) is 0 Å². The number of ether oxygens (including phenoxy) is 1. The molecule has 0 aromatic carbocycles. The number of hydrogen-bond acceptors (Lipinski definition) is 7. The van der Waals surface area contributed by atoms with Gasteiger partial charge in [-0.25, -0.2) is 4.79 Å². The molecule has 0 fully saturated rings. The van der Waals surface area contributed by atoms with Crippen molar-refractivity contribution in [3.05, 3.63) is 51.8 Å². The molecule has 8 heteroatoms. The second-order valence-corrected chi connectivity index (χ2v) is 6.35. The number of rotatable bonds is 3. The maximum atomic E-state index is 12.4. The molecule has 1 atom stereocenters. The number of primary amides is 1. The minimum absolute atomic E-state index is 0.264. The second kappa shape index (κ2) is 5.97. The fraction of sp³-hybridized carbons (Fsp3) is 0.188. The quantitative estimate of drug-likeness (QED) is 0.731. The molecule has 0 saturated heterocycles. The van der Waals surface area contributed by atoms with Crippen molar-refractivity contribution in [1.29, 1.82) is 0 Å². The lowest BCUT2D eigenvalue weighted by Crippen LogP contribution is -2.23. The van der Waals surface area contributed by atoms with Crippen molar-refractivity contribution < 1.29 is 14.3 Å². The van der Waals surface area contributed by atoms with Gasteiger partial charge >= 0.3 is 5.97 Å². The molecule has 3 rings (SSSR count). The summed E-state index contributed by atoms with van der Waals surface area (Å²) in [4.78, 5) is 28.4. The molecule has 1 aliphatic rings. The number of allylic oxidation sites excluding steroid dienone is 1. The van der Waals surface area contributed by atoms with E-state index in [0.717, 1.165) is 5.56 Å². The first kappa shape index (κ1) is 16.0. The molecule has 3 heterocycles. The first-order valence-electron chi connectivity index (χ1n) is 7.13. The van der Waals surface area contributed by atoms with E-state index in [1.165, 1.54) is 18.4 Å². The molecule has 0 bridgehead atoms. The first-order valence-corrected chi connectivity index (χ1v) is 7.95. The molecule has 0 unspecified atom stereocenters. The molecule has 5 N–H and O–H groups in total. The normalized spacial score (nSPS) is 16.3. The van der Waals surface area contributed by atoms with Gasteiger partial charge in [0.25, 0.3) is 5.91 Å². The fourth-order valence-corrected chi connectivity index (χ4v) is 3.95. The molecule has 0 saturated carbocycles. The number of amides is 1. The van der Waals surface area contributed by atoms with Gasteiger partial charge in [-0.05, 0) is 18.6 Å². The molecule has 2 aromatic heterocycles. The van der Waals surface area contributed by atoms with Gasteiger partial charge < -0.3 is 21.5 Å². The van der Waals surface area contributed by atoms with Crippen LogP contribution in [0.2, 0.25) is 0 Å². The van der Waals surface area contributed by atoms with Crippen molar-refractivity contribution in [2.75, 3.05) is 18.2 Å². The monoisotopic (exact) mass is 344 g/mol. The van der Waals surface area contributed by atoms with Gasteiger partial charge in [-0.15, -0.1) is 11.3 Å². The summed E-state index contributed by atoms with van der Waals surface area (Å²) >= 11 is 1.18. The van der Waals surface area contributed by atoms with Crippen molar-refractivity contribution in [3.63, 3.8) is 0 Å². The number of thiophene rings is 1. The zero-order chi connectivity index (χ0) is 17.4. The third-order valence-corrected chi connectivity index (χ3v) is 5.06. The van der Waals surface area contributed by atoms with Crippen LogP contribution in [0.25, 0.3) is 0 Å². The number of nitrogen functional groups attached to an aromatic ring is 1. The van der Waals surface area contributed by atoms with Crippen molar-refractivity contribution in [3.8, 4) is 0 Å². The van der Waals surface area contributed by atoms with Gasteiger partial charge in [0.1, 0.15) is 4.88 Å². The van der Waals surface area contributed by atoms with E-state index in [2.05, 4.69) is 10.3 Å². The Balaban J connectivity index is 2.28. The summed E-state index contributed by atoms with van der Waals surface area (Å²) in [5.74, 6) is -1.55. The highest BCUT2D eigenvalue weighted by atomic mass is 32.1. The summed E-state index contributed by atoms with van der Waals surface area (Å²) in [7, 11) is 1.32. The highest BCUT2D eigenvalue weighted by molar-refractivity contribution is 7.18.